The van der Waals surface area contributed by atoms with Gasteiger partial charge in [0.2, 0.25) is 5.91 Å². The molecule has 3 aromatic rings. The van der Waals surface area contributed by atoms with Crippen LogP contribution < -0.4 is 5.32 Å². The van der Waals surface area contributed by atoms with Crippen molar-refractivity contribution in [2.75, 3.05) is 6.54 Å². The summed E-state index contributed by atoms with van der Waals surface area (Å²) in [7, 11) is 0. The highest BCUT2D eigenvalue weighted by atomic mass is 35.5. The lowest BCUT2D eigenvalue weighted by Gasteiger charge is -2.22. The Hall–Kier alpha value is -2.61. The average Bonchev–Trinajstić information content (AvgIpc) is 3.29. The lowest BCUT2D eigenvalue weighted by molar-refractivity contribution is -0.132. The molecule has 1 unspecified atom stereocenters. The summed E-state index contributed by atoms with van der Waals surface area (Å²) in [6, 6.07) is 14.5. The molecule has 5 nitrogen and oxygen atoms in total. The normalized spacial score (nSPS) is 16.3. The molecule has 0 saturated carbocycles. The Morgan fingerprint density at radius 1 is 1.26 bits per heavy atom. The molecule has 1 aromatic heterocycles. The number of thiocarbonyl (C=S) groups is 1. The number of aromatic nitrogens is 1. The molecule has 4 rings (SSSR count). The van der Waals surface area contributed by atoms with Crippen LogP contribution in [0.1, 0.15) is 18.1 Å². The zero-order chi connectivity index (χ0) is 22.0. The highest BCUT2D eigenvalue weighted by molar-refractivity contribution is 8.26. The predicted molar refractivity (Wildman–Crippen MR) is 131 cm³/mol. The maximum absolute atomic E-state index is 12.9. The maximum Gasteiger partial charge on any atom is 0.266 e. The van der Waals surface area contributed by atoms with Gasteiger partial charge in [-0.05, 0) is 48.7 Å². The van der Waals surface area contributed by atoms with Crippen molar-refractivity contribution in [2.45, 2.75) is 19.4 Å². The van der Waals surface area contributed by atoms with Crippen molar-refractivity contribution in [3.63, 3.8) is 0 Å². The van der Waals surface area contributed by atoms with Gasteiger partial charge in [0.1, 0.15) is 10.4 Å². The monoisotopic (exact) mass is 469 g/mol. The van der Waals surface area contributed by atoms with Crippen molar-refractivity contribution in [3.05, 3.63) is 75.8 Å². The zero-order valence-corrected chi connectivity index (χ0v) is 19.1. The smallest absolute Gasteiger partial charge is 0.266 e. The molecule has 1 fully saturated rings. The van der Waals surface area contributed by atoms with Crippen molar-refractivity contribution >= 4 is 68.7 Å². The highest BCUT2D eigenvalue weighted by Crippen LogP contribution is 2.34. The molecular weight excluding hydrogens is 450 g/mol. The molecule has 158 valence electrons. The molecule has 1 saturated heterocycles. The number of thioether (sulfide) groups is 1. The highest BCUT2D eigenvalue weighted by Gasteiger charge is 2.38. The van der Waals surface area contributed by atoms with Crippen LogP contribution in [0.25, 0.3) is 17.0 Å². The SMILES string of the molecule is CC(C(=O)NCCc1c[nH]c2ccccc12)N1C(=O)/C(=C/c2ccc(Cl)cc2)SC1=S. The number of H-pyrrole nitrogens is 1. The number of rotatable bonds is 6. The van der Waals surface area contributed by atoms with E-state index in [0.717, 1.165) is 22.0 Å². The van der Waals surface area contributed by atoms with E-state index < -0.39 is 6.04 Å². The second-order valence-electron chi connectivity index (χ2n) is 7.18. The van der Waals surface area contributed by atoms with Crippen LogP contribution in [0.3, 0.4) is 0 Å². The maximum atomic E-state index is 12.9. The molecule has 2 amide bonds. The number of amides is 2. The van der Waals surface area contributed by atoms with Crippen molar-refractivity contribution in [1.82, 2.24) is 15.2 Å². The van der Waals surface area contributed by atoms with Crippen molar-refractivity contribution in [2.24, 2.45) is 0 Å². The summed E-state index contributed by atoms with van der Waals surface area (Å²) < 4.78 is 0.379. The minimum absolute atomic E-state index is 0.233. The molecule has 31 heavy (non-hydrogen) atoms. The van der Waals surface area contributed by atoms with Crippen LogP contribution in [0.5, 0.6) is 0 Å². The van der Waals surface area contributed by atoms with E-state index in [0.29, 0.717) is 27.2 Å². The Morgan fingerprint density at radius 3 is 2.77 bits per heavy atom. The number of aromatic amines is 1. The Kier molecular flexibility index (Phi) is 6.46. The van der Waals surface area contributed by atoms with Crippen LogP contribution in [0.15, 0.2) is 59.6 Å². The van der Waals surface area contributed by atoms with E-state index in [1.165, 1.54) is 16.7 Å². The average molecular weight is 470 g/mol. The van der Waals surface area contributed by atoms with Gasteiger partial charge in [0.05, 0.1) is 4.91 Å². The number of para-hydroxylation sites is 1. The van der Waals surface area contributed by atoms with Crippen LogP contribution in [0, 0.1) is 0 Å². The van der Waals surface area contributed by atoms with Gasteiger partial charge in [-0.1, -0.05) is 65.9 Å². The number of hydrogen-bond acceptors (Lipinski definition) is 4. The van der Waals surface area contributed by atoms with Gasteiger partial charge >= 0.3 is 0 Å². The quantitative estimate of drug-likeness (QED) is 0.403. The third-order valence-corrected chi connectivity index (χ3v) is 6.71. The van der Waals surface area contributed by atoms with Gasteiger partial charge in [0, 0.05) is 28.7 Å². The van der Waals surface area contributed by atoms with Crippen LogP contribution in [0.4, 0.5) is 0 Å². The largest absolute Gasteiger partial charge is 0.361 e. The van der Waals surface area contributed by atoms with Crippen LogP contribution in [-0.2, 0) is 16.0 Å². The standard InChI is InChI=1S/C23H20ClN3O2S2/c1-14(21(28)25-11-10-16-13-26-19-5-3-2-4-18(16)19)27-22(29)20(31-23(27)30)12-15-6-8-17(24)9-7-15/h2-9,12-14,26H,10-11H2,1H3,(H,25,28)/b20-12-. The van der Waals surface area contributed by atoms with Gasteiger partial charge in [-0.3, -0.25) is 14.5 Å². The fourth-order valence-electron chi connectivity index (χ4n) is 3.45. The van der Waals surface area contributed by atoms with Gasteiger partial charge in [0.25, 0.3) is 5.91 Å². The Balaban J connectivity index is 1.38. The van der Waals surface area contributed by atoms with E-state index in [2.05, 4.69) is 16.4 Å². The molecule has 0 bridgehead atoms. The second kappa shape index (κ2) is 9.26. The van der Waals surface area contributed by atoms with Crippen LogP contribution >= 0.6 is 35.6 Å². The molecular formula is C23H20ClN3O2S2. The second-order valence-corrected chi connectivity index (χ2v) is 9.29. The summed E-state index contributed by atoms with van der Waals surface area (Å²) in [4.78, 5) is 30.7. The molecule has 8 heteroatoms. The van der Waals surface area contributed by atoms with Crippen molar-refractivity contribution in [1.29, 1.82) is 0 Å². The first-order valence-electron chi connectivity index (χ1n) is 9.79. The number of carbonyl (C=O) groups is 2. The van der Waals surface area contributed by atoms with Gasteiger partial charge in [-0.2, -0.15) is 0 Å². The van der Waals surface area contributed by atoms with E-state index in [1.807, 2.05) is 36.5 Å². The predicted octanol–water partition coefficient (Wildman–Crippen LogP) is 4.77. The third-order valence-electron chi connectivity index (χ3n) is 5.13. The lowest BCUT2D eigenvalue weighted by atomic mass is 10.1. The fraction of sp³-hybridized carbons (Fsp3) is 0.174. The Morgan fingerprint density at radius 2 is 2.00 bits per heavy atom. The Labute approximate surface area is 194 Å². The number of nitrogens with one attached hydrogen (secondary N) is 2. The third kappa shape index (κ3) is 4.69. The van der Waals surface area contributed by atoms with Gasteiger partial charge < -0.3 is 10.3 Å². The summed E-state index contributed by atoms with van der Waals surface area (Å²) in [6.45, 7) is 2.16. The molecule has 0 spiro atoms. The van der Waals surface area contributed by atoms with Gasteiger partial charge in [-0.15, -0.1) is 0 Å². The molecule has 2 N–H and O–H groups in total. The number of carbonyl (C=O) groups excluding carboxylic acids is 2. The number of fused-ring (bicyclic) bond motifs is 1. The molecule has 2 heterocycles. The first-order chi connectivity index (χ1) is 14.9. The number of nitrogens with zero attached hydrogens (tertiary/aromatic N) is 1. The summed E-state index contributed by atoms with van der Waals surface area (Å²) in [6.07, 6.45) is 4.42. The minimum atomic E-state index is -0.688. The van der Waals surface area contributed by atoms with E-state index >= 15 is 0 Å². The number of hydrogen-bond donors (Lipinski definition) is 2. The van der Waals surface area contributed by atoms with Crippen LogP contribution in [0.2, 0.25) is 5.02 Å². The number of benzene rings is 2. The lowest BCUT2D eigenvalue weighted by Crippen LogP contribution is -2.47. The topological polar surface area (TPSA) is 65.2 Å². The van der Waals surface area contributed by atoms with Crippen LogP contribution in [-0.4, -0.2) is 38.6 Å². The number of halogens is 1. The molecule has 1 aliphatic heterocycles. The zero-order valence-electron chi connectivity index (χ0n) is 16.7. The molecule has 0 radical (unpaired) electrons. The van der Waals surface area contributed by atoms with Crippen molar-refractivity contribution in [3.8, 4) is 0 Å². The van der Waals surface area contributed by atoms with E-state index in [-0.39, 0.29) is 11.8 Å². The summed E-state index contributed by atoms with van der Waals surface area (Å²) in [5, 5.41) is 4.70. The first kappa shape index (κ1) is 21.6. The fourth-order valence-corrected chi connectivity index (χ4v) is 4.99. The van der Waals surface area contributed by atoms with E-state index in [1.54, 1.807) is 25.1 Å². The summed E-state index contributed by atoms with van der Waals surface area (Å²) in [5.74, 6) is -0.492. The van der Waals surface area contributed by atoms with Crippen molar-refractivity contribution < 1.29 is 9.59 Å². The van der Waals surface area contributed by atoms with Gasteiger partial charge in [0.15, 0.2) is 0 Å². The minimum Gasteiger partial charge on any atom is -0.361 e. The van der Waals surface area contributed by atoms with E-state index in [4.69, 9.17) is 23.8 Å². The van der Waals surface area contributed by atoms with E-state index in [9.17, 15) is 9.59 Å². The Bertz CT molecular complexity index is 1190. The van der Waals surface area contributed by atoms with Gasteiger partial charge in [-0.25, -0.2) is 0 Å². The molecule has 2 aromatic carbocycles. The molecule has 1 atom stereocenters. The summed E-state index contributed by atoms with van der Waals surface area (Å²) in [5.41, 5.74) is 3.06. The molecule has 1 aliphatic rings. The summed E-state index contributed by atoms with van der Waals surface area (Å²) >= 11 is 12.5. The molecule has 0 aliphatic carbocycles. The first-order valence-corrected chi connectivity index (χ1v) is 11.4.